The zero-order valence-corrected chi connectivity index (χ0v) is 17.8. The van der Waals surface area contributed by atoms with Crippen LogP contribution < -0.4 is 10.2 Å². The second-order valence-corrected chi connectivity index (χ2v) is 7.78. The normalized spacial score (nSPS) is 14.6. The minimum absolute atomic E-state index is 0.264. The number of fused-ring (bicyclic) bond motifs is 1. The zero-order valence-electron chi connectivity index (χ0n) is 17.8. The molecule has 0 saturated carbocycles. The summed E-state index contributed by atoms with van der Waals surface area (Å²) < 4.78 is 5.50. The minimum Gasteiger partial charge on any atom is -0.421 e. The third-order valence-electron chi connectivity index (χ3n) is 5.43. The Balaban J connectivity index is 1.36. The molecule has 0 radical (unpaired) electrons. The SMILES string of the molecule is Cc1nnc(-c2ccc3nnc(NC(=O)c4ccnc(N5CCN(C)CC5)c4)cc3c2)o1. The maximum absolute atomic E-state index is 12.9. The molecule has 1 aliphatic heterocycles. The fourth-order valence-corrected chi connectivity index (χ4v) is 3.61. The van der Waals surface area contributed by atoms with Crippen molar-refractivity contribution in [1.82, 2.24) is 30.3 Å². The number of benzene rings is 1. The summed E-state index contributed by atoms with van der Waals surface area (Å²) in [4.78, 5) is 21.8. The number of carbonyl (C=O) groups is 1. The van der Waals surface area contributed by atoms with Gasteiger partial charge in [0.1, 0.15) is 5.82 Å². The van der Waals surface area contributed by atoms with Crippen LogP contribution in [0.1, 0.15) is 16.2 Å². The van der Waals surface area contributed by atoms with E-state index in [0.29, 0.717) is 28.7 Å². The lowest BCUT2D eigenvalue weighted by Crippen LogP contribution is -2.44. The molecule has 4 aromatic rings. The van der Waals surface area contributed by atoms with E-state index in [-0.39, 0.29) is 5.91 Å². The molecule has 3 aromatic heterocycles. The van der Waals surface area contributed by atoms with E-state index in [2.05, 4.69) is 47.5 Å². The molecule has 5 rings (SSSR count). The van der Waals surface area contributed by atoms with Gasteiger partial charge in [-0.2, -0.15) is 0 Å². The first-order chi connectivity index (χ1) is 15.5. The van der Waals surface area contributed by atoms with Crippen molar-refractivity contribution in [1.29, 1.82) is 0 Å². The van der Waals surface area contributed by atoms with Crippen molar-refractivity contribution in [3.63, 3.8) is 0 Å². The van der Waals surface area contributed by atoms with Crippen LogP contribution in [0.15, 0.2) is 47.0 Å². The first-order valence-corrected chi connectivity index (χ1v) is 10.3. The van der Waals surface area contributed by atoms with Crippen LogP contribution in [0.4, 0.5) is 11.6 Å². The number of nitrogens with zero attached hydrogens (tertiary/aromatic N) is 7. The Hall–Kier alpha value is -3.92. The predicted octanol–water partition coefficient (Wildman–Crippen LogP) is 2.39. The topological polar surface area (TPSA) is 113 Å². The molecule has 0 bridgehead atoms. The van der Waals surface area contributed by atoms with Crippen LogP contribution in [-0.4, -0.2) is 69.4 Å². The van der Waals surface area contributed by atoms with E-state index >= 15 is 0 Å². The van der Waals surface area contributed by atoms with E-state index in [0.717, 1.165) is 42.9 Å². The highest BCUT2D eigenvalue weighted by atomic mass is 16.4. The van der Waals surface area contributed by atoms with Gasteiger partial charge in [-0.3, -0.25) is 4.79 Å². The summed E-state index contributed by atoms with van der Waals surface area (Å²) in [5, 5.41) is 19.9. The standard InChI is InChI=1S/C22H22N8O2/c1-14-25-28-22(32-14)16-3-4-18-17(11-16)12-19(27-26-18)24-21(31)15-5-6-23-20(13-15)30-9-7-29(2)8-10-30/h3-6,11-13H,7-10H2,1-2H3,(H,24,27,31). The number of carbonyl (C=O) groups excluding carboxylic acids is 1. The third kappa shape index (κ3) is 4.12. The molecule has 162 valence electrons. The van der Waals surface area contributed by atoms with Gasteiger partial charge in [-0.15, -0.1) is 20.4 Å². The molecule has 10 nitrogen and oxygen atoms in total. The van der Waals surface area contributed by atoms with Gasteiger partial charge in [0, 0.05) is 55.8 Å². The van der Waals surface area contributed by atoms with Crippen molar-refractivity contribution in [3.05, 3.63) is 54.0 Å². The summed E-state index contributed by atoms with van der Waals surface area (Å²) in [7, 11) is 2.10. The van der Waals surface area contributed by atoms with E-state index in [1.54, 1.807) is 25.3 Å². The number of amides is 1. The first-order valence-electron chi connectivity index (χ1n) is 10.3. The molecule has 1 saturated heterocycles. The maximum Gasteiger partial charge on any atom is 0.257 e. The summed E-state index contributed by atoms with van der Waals surface area (Å²) in [6.07, 6.45) is 1.66. The number of aryl methyl sites for hydroxylation is 1. The van der Waals surface area contributed by atoms with Crippen LogP contribution in [-0.2, 0) is 0 Å². The Bertz CT molecular complexity index is 1280. The van der Waals surface area contributed by atoms with Crippen molar-refractivity contribution in [2.75, 3.05) is 43.4 Å². The van der Waals surface area contributed by atoms with E-state index in [1.807, 2.05) is 24.3 Å². The van der Waals surface area contributed by atoms with Gasteiger partial charge in [0.15, 0.2) is 5.82 Å². The van der Waals surface area contributed by atoms with Crippen molar-refractivity contribution in [2.45, 2.75) is 6.92 Å². The number of piperazine rings is 1. The number of rotatable bonds is 4. The third-order valence-corrected chi connectivity index (χ3v) is 5.43. The Morgan fingerprint density at radius 1 is 1.00 bits per heavy atom. The van der Waals surface area contributed by atoms with Crippen LogP contribution in [0.5, 0.6) is 0 Å². The Morgan fingerprint density at radius 3 is 2.62 bits per heavy atom. The van der Waals surface area contributed by atoms with Gasteiger partial charge in [0.05, 0.1) is 5.52 Å². The molecule has 0 unspecified atom stereocenters. The number of nitrogens with one attached hydrogen (secondary N) is 1. The van der Waals surface area contributed by atoms with E-state index in [1.165, 1.54) is 0 Å². The molecule has 1 aliphatic rings. The minimum atomic E-state index is -0.264. The molecule has 0 aliphatic carbocycles. The molecular formula is C22H22N8O2. The van der Waals surface area contributed by atoms with E-state index < -0.39 is 0 Å². The smallest absolute Gasteiger partial charge is 0.257 e. The average Bonchev–Trinajstić information content (AvgIpc) is 3.25. The molecule has 1 N–H and O–H groups in total. The summed E-state index contributed by atoms with van der Waals surface area (Å²) in [6, 6.07) is 10.8. The number of hydrogen-bond donors (Lipinski definition) is 1. The van der Waals surface area contributed by atoms with Gasteiger partial charge in [0.25, 0.3) is 5.91 Å². The monoisotopic (exact) mass is 430 g/mol. The van der Waals surface area contributed by atoms with Gasteiger partial charge in [0.2, 0.25) is 11.8 Å². The second-order valence-electron chi connectivity index (χ2n) is 7.78. The van der Waals surface area contributed by atoms with Gasteiger partial charge in [-0.05, 0) is 43.4 Å². The molecule has 0 atom stereocenters. The molecular weight excluding hydrogens is 408 g/mol. The average molecular weight is 430 g/mol. The van der Waals surface area contributed by atoms with Crippen molar-refractivity contribution in [2.24, 2.45) is 0 Å². The van der Waals surface area contributed by atoms with Crippen LogP contribution in [0, 0.1) is 6.92 Å². The van der Waals surface area contributed by atoms with Gasteiger partial charge in [-0.1, -0.05) is 0 Å². The highest BCUT2D eigenvalue weighted by molar-refractivity contribution is 6.04. The van der Waals surface area contributed by atoms with Crippen molar-refractivity contribution in [3.8, 4) is 11.5 Å². The lowest BCUT2D eigenvalue weighted by molar-refractivity contribution is 0.102. The number of aromatic nitrogens is 5. The molecule has 1 fully saturated rings. The predicted molar refractivity (Wildman–Crippen MR) is 119 cm³/mol. The molecule has 4 heterocycles. The summed E-state index contributed by atoms with van der Waals surface area (Å²) in [5.74, 6) is 1.82. The zero-order chi connectivity index (χ0) is 22.1. The number of likely N-dealkylation sites (N-methyl/N-ethyl adjacent to an activating group) is 1. The maximum atomic E-state index is 12.9. The van der Waals surface area contributed by atoms with Crippen molar-refractivity contribution < 1.29 is 9.21 Å². The Kier molecular flexibility index (Phi) is 5.20. The second kappa shape index (κ2) is 8.31. The highest BCUT2D eigenvalue weighted by Gasteiger charge is 2.17. The lowest BCUT2D eigenvalue weighted by atomic mass is 10.1. The van der Waals surface area contributed by atoms with Gasteiger partial charge in [-0.25, -0.2) is 4.98 Å². The van der Waals surface area contributed by atoms with E-state index in [9.17, 15) is 4.79 Å². The molecule has 0 spiro atoms. The van der Waals surface area contributed by atoms with Gasteiger partial charge < -0.3 is 19.5 Å². The van der Waals surface area contributed by atoms with E-state index in [4.69, 9.17) is 4.42 Å². The van der Waals surface area contributed by atoms with Crippen LogP contribution >= 0.6 is 0 Å². The lowest BCUT2D eigenvalue weighted by Gasteiger charge is -2.33. The van der Waals surface area contributed by atoms with Crippen LogP contribution in [0.25, 0.3) is 22.4 Å². The molecule has 1 amide bonds. The van der Waals surface area contributed by atoms with Gasteiger partial charge >= 0.3 is 0 Å². The summed E-state index contributed by atoms with van der Waals surface area (Å²) in [6.45, 7) is 5.44. The molecule has 10 heteroatoms. The number of hydrogen-bond acceptors (Lipinski definition) is 9. The Labute approximate surface area is 184 Å². The van der Waals surface area contributed by atoms with Crippen molar-refractivity contribution >= 4 is 28.4 Å². The van der Waals surface area contributed by atoms with Crippen LogP contribution in [0.3, 0.4) is 0 Å². The van der Waals surface area contributed by atoms with Crippen LogP contribution in [0.2, 0.25) is 0 Å². The fourth-order valence-electron chi connectivity index (χ4n) is 3.61. The molecule has 32 heavy (non-hydrogen) atoms. The largest absolute Gasteiger partial charge is 0.421 e. The summed E-state index contributed by atoms with van der Waals surface area (Å²) >= 11 is 0. The quantitative estimate of drug-likeness (QED) is 0.521. The first kappa shape index (κ1) is 20.0. The Morgan fingerprint density at radius 2 is 1.84 bits per heavy atom. The molecule has 1 aromatic carbocycles. The number of pyridine rings is 1. The fraction of sp³-hybridized carbons (Fsp3) is 0.273. The highest BCUT2D eigenvalue weighted by Crippen LogP contribution is 2.24. The summed E-state index contributed by atoms with van der Waals surface area (Å²) in [5.41, 5.74) is 1.99. The number of anilines is 2.